The second kappa shape index (κ2) is 2.35. The van der Waals surface area contributed by atoms with Crippen LogP contribution in [0.5, 0.6) is 0 Å². The van der Waals surface area contributed by atoms with Gasteiger partial charge in [-0.15, -0.1) is 0 Å². The third-order valence-corrected chi connectivity index (χ3v) is 1.41. The first kappa shape index (κ1) is 6.55. The summed E-state index contributed by atoms with van der Waals surface area (Å²) in [5.74, 6) is 1.06. The summed E-state index contributed by atoms with van der Waals surface area (Å²) in [5, 5.41) is 2.51. The number of amides is 1. The van der Waals surface area contributed by atoms with Gasteiger partial charge >= 0.3 is 0 Å². The second-order valence-corrected chi connectivity index (χ2v) is 2.15. The van der Waals surface area contributed by atoms with Crippen molar-refractivity contribution in [3.63, 3.8) is 0 Å². The first-order chi connectivity index (χ1) is 4.25. The average molecular weight is 128 g/mol. The number of hydrogen-bond donors (Lipinski definition) is 1. The van der Waals surface area contributed by atoms with Crippen LogP contribution >= 0.6 is 0 Å². The smallest absolute Gasteiger partial charge is 0.249 e. The van der Waals surface area contributed by atoms with Crippen molar-refractivity contribution < 1.29 is 9.53 Å². The molecule has 9 heavy (non-hydrogen) atoms. The molecule has 1 unspecified atom stereocenters. The Kier molecular flexibility index (Phi) is 1.71. The lowest BCUT2D eigenvalue weighted by molar-refractivity contribution is -0.139. The number of ether oxygens (including phenoxy) is 1. The third kappa shape index (κ3) is 1.05. The lowest BCUT2D eigenvalue weighted by atomic mass is 10.0. The average Bonchev–Trinajstić information content (AvgIpc) is 1.84. The number of carbonyl (C=O) groups is 1. The highest BCUT2D eigenvalue weighted by atomic mass is 16.5. The van der Waals surface area contributed by atoms with E-state index in [1.807, 2.05) is 6.92 Å². The molecule has 51 valence electrons. The van der Waals surface area contributed by atoms with Gasteiger partial charge in [-0.05, 0) is 0 Å². The van der Waals surface area contributed by atoms with E-state index in [1.54, 1.807) is 7.05 Å². The van der Waals surface area contributed by atoms with Crippen molar-refractivity contribution in [2.75, 3.05) is 13.7 Å². The maximum absolute atomic E-state index is 10.7. The molecule has 1 radical (unpaired) electrons. The van der Waals surface area contributed by atoms with E-state index in [1.165, 1.54) is 0 Å². The van der Waals surface area contributed by atoms with Crippen LogP contribution in [0.2, 0.25) is 0 Å². The number of hydrogen-bond acceptors (Lipinski definition) is 2. The van der Waals surface area contributed by atoms with Gasteiger partial charge in [-0.25, -0.2) is 0 Å². The van der Waals surface area contributed by atoms with E-state index in [2.05, 4.69) is 5.32 Å². The van der Waals surface area contributed by atoms with Gasteiger partial charge in [0.2, 0.25) is 5.91 Å². The number of likely N-dealkylation sites (N-methyl/N-ethyl adjacent to an activating group) is 1. The molecule has 1 aliphatic heterocycles. The maximum Gasteiger partial charge on any atom is 0.249 e. The zero-order valence-electron chi connectivity index (χ0n) is 5.60. The number of carbonyl (C=O) groups excluding carboxylic acids is 1. The summed E-state index contributed by atoms with van der Waals surface area (Å²) in [4.78, 5) is 10.7. The van der Waals surface area contributed by atoms with Gasteiger partial charge in [0.15, 0.2) is 0 Å². The van der Waals surface area contributed by atoms with E-state index in [9.17, 15) is 4.79 Å². The molecule has 0 bridgehead atoms. The molecule has 1 amide bonds. The Morgan fingerprint density at radius 1 is 1.89 bits per heavy atom. The van der Waals surface area contributed by atoms with E-state index in [-0.39, 0.29) is 12.0 Å². The van der Waals surface area contributed by atoms with Crippen molar-refractivity contribution in [2.45, 2.75) is 13.0 Å². The van der Waals surface area contributed by atoms with Crippen LogP contribution < -0.4 is 5.32 Å². The molecule has 1 aliphatic rings. The van der Waals surface area contributed by atoms with Crippen LogP contribution in [0.3, 0.4) is 0 Å². The standard InChI is InChI=1S/C6H10NO2/c1-4-3-9-5(4)6(8)7-2/h5H,3H2,1-2H3,(H,7,8). The first-order valence-corrected chi connectivity index (χ1v) is 2.91. The molecule has 0 aliphatic carbocycles. The fourth-order valence-corrected chi connectivity index (χ4v) is 0.764. The molecule has 1 atom stereocenters. The monoisotopic (exact) mass is 128 g/mol. The van der Waals surface area contributed by atoms with Crippen molar-refractivity contribution in [3.8, 4) is 0 Å². The minimum absolute atomic E-state index is 0.0428. The van der Waals surface area contributed by atoms with Crippen LogP contribution in [0, 0.1) is 5.92 Å². The Bertz CT molecular complexity index is 124. The molecule has 1 saturated heterocycles. The Hall–Kier alpha value is -0.570. The van der Waals surface area contributed by atoms with Gasteiger partial charge in [-0.2, -0.15) is 0 Å². The van der Waals surface area contributed by atoms with E-state index >= 15 is 0 Å². The SMILES string of the molecule is CNC(=O)C1OC[C]1C. The van der Waals surface area contributed by atoms with Gasteiger partial charge in [0.25, 0.3) is 0 Å². The predicted molar refractivity (Wildman–Crippen MR) is 32.7 cm³/mol. The van der Waals surface area contributed by atoms with Crippen LogP contribution in [-0.4, -0.2) is 25.7 Å². The molecule has 0 aromatic heterocycles. The summed E-state index contributed by atoms with van der Waals surface area (Å²) in [7, 11) is 1.61. The molecule has 0 aromatic carbocycles. The molecule has 1 rings (SSSR count). The molecule has 3 heteroatoms. The summed E-state index contributed by atoms with van der Waals surface area (Å²) in [5.41, 5.74) is 0. The zero-order chi connectivity index (χ0) is 6.85. The Balaban J connectivity index is 2.35. The van der Waals surface area contributed by atoms with Crippen LogP contribution in [-0.2, 0) is 9.53 Å². The molecular weight excluding hydrogens is 118 g/mol. The molecule has 1 fully saturated rings. The Morgan fingerprint density at radius 3 is 2.67 bits per heavy atom. The molecule has 1 N–H and O–H groups in total. The van der Waals surface area contributed by atoms with Gasteiger partial charge in [0.05, 0.1) is 6.61 Å². The molecule has 3 nitrogen and oxygen atoms in total. The highest BCUT2D eigenvalue weighted by molar-refractivity contribution is 5.83. The van der Waals surface area contributed by atoms with Gasteiger partial charge in [-0.3, -0.25) is 4.79 Å². The van der Waals surface area contributed by atoms with Crippen molar-refractivity contribution in [3.05, 3.63) is 5.92 Å². The highest BCUT2D eigenvalue weighted by Gasteiger charge is 2.34. The maximum atomic E-state index is 10.7. The summed E-state index contributed by atoms with van der Waals surface area (Å²) >= 11 is 0. The first-order valence-electron chi connectivity index (χ1n) is 2.91. The zero-order valence-corrected chi connectivity index (χ0v) is 5.60. The van der Waals surface area contributed by atoms with Crippen molar-refractivity contribution in [2.24, 2.45) is 0 Å². The van der Waals surface area contributed by atoms with E-state index < -0.39 is 0 Å². The Labute approximate surface area is 54.4 Å². The normalized spacial score (nSPS) is 27.1. The molecule has 0 saturated carbocycles. The van der Waals surface area contributed by atoms with Crippen LogP contribution in [0.25, 0.3) is 0 Å². The van der Waals surface area contributed by atoms with Crippen molar-refractivity contribution in [1.29, 1.82) is 0 Å². The van der Waals surface area contributed by atoms with E-state index in [0.29, 0.717) is 6.61 Å². The van der Waals surface area contributed by atoms with E-state index in [0.717, 1.165) is 5.92 Å². The highest BCUT2D eigenvalue weighted by Crippen LogP contribution is 2.20. The molecule has 0 spiro atoms. The second-order valence-electron chi connectivity index (χ2n) is 2.15. The van der Waals surface area contributed by atoms with Crippen LogP contribution in [0.15, 0.2) is 0 Å². The van der Waals surface area contributed by atoms with Gasteiger partial charge in [0.1, 0.15) is 6.10 Å². The predicted octanol–water partition coefficient (Wildman–Crippen LogP) is -0.274. The topological polar surface area (TPSA) is 38.3 Å². The molecule has 1 heterocycles. The summed E-state index contributed by atoms with van der Waals surface area (Å²) in [6, 6.07) is 0. The minimum Gasteiger partial charge on any atom is -0.367 e. The summed E-state index contributed by atoms with van der Waals surface area (Å²) < 4.78 is 4.95. The van der Waals surface area contributed by atoms with Crippen molar-refractivity contribution in [1.82, 2.24) is 5.32 Å². The van der Waals surface area contributed by atoms with Gasteiger partial charge in [-0.1, -0.05) is 6.92 Å². The molecular formula is C6H10NO2. The van der Waals surface area contributed by atoms with Crippen LogP contribution in [0.1, 0.15) is 6.92 Å². The minimum atomic E-state index is -0.269. The quantitative estimate of drug-likeness (QED) is 0.527. The van der Waals surface area contributed by atoms with E-state index in [4.69, 9.17) is 4.74 Å². The lowest BCUT2D eigenvalue weighted by Crippen LogP contribution is -2.47. The van der Waals surface area contributed by atoms with Gasteiger partial charge < -0.3 is 10.1 Å². The largest absolute Gasteiger partial charge is 0.367 e. The fourth-order valence-electron chi connectivity index (χ4n) is 0.764. The Morgan fingerprint density at radius 2 is 2.56 bits per heavy atom. The van der Waals surface area contributed by atoms with Gasteiger partial charge in [0, 0.05) is 13.0 Å². The van der Waals surface area contributed by atoms with Crippen LogP contribution in [0.4, 0.5) is 0 Å². The summed E-state index contributed by atoms with van der Waals surface area (Å²) in [6.45, 7) is 2.56. The third-order valence-electron chi connectivity index (χ3n) is 1.41. The number of nitrogens with one attached hydrogen (secondary N) is 1. The summed E-state index contributed by atoms with van der Waals surface area (Å²) in [6.07, 6.45) is -0.269. The fraction of sp³-hybridized carbons (Fsp3) is 0.667. The van der Waals surface area contributed by atoms with Crippen molar-refractivity contribution >= 4 is 5.91 Å². The molecule has 0 aromatic rings. The lowest BCUT2D eigenvalue weighted by Gasteiger charge is -2.31. The number of rotatable bonds is 1.